The monoisotopic (exact) mass is 455 g/mol. The molecule has 0 aliphatic heterocycles. The van der Waals surface area contributed by atoms with E-state index in [9.17, 15) is 22.8 Å². The Bertz CT molecular complexity index is 1300. The number of alkyl halides is 3. The van der Waals surface area contributed by atoms with Crippen molar-refractivity contribution in [1.82, 2.24) is 15.3 Å². The highest BCUT2D eigenvalue weighted by atomic mass is 19.4. The van der Waals surface area contributed by atoms with Gasteiger partial charge in [-0.1, -0.05) is 30.3 Å². The average molecular weight is 455 g/mol. The Morgan fingerprint density at radius 3 is 2.67 bits per heavy atom. The van der Waals surface area contributed by atoms with E-state index in [0.29, 0.717) is 10.9 Å². The number of fused-ring (bicyclic) bond motifs is 1. The minimum Gasteiger partial charge on any atom is -0.344 e. The van der Waals surface area contributed by atoms with Gasteiger partial charge in [0.05, 0.1) is 18.2 Å². The minimum atomic E-state index is -4.50. The Kier molecular flexibility index (Phi) is 7.17. The second-order valence-corrected chi connectivity index (χ2v) is 7.03. The Labute approximate surface area is 186 Å². The molecule has 0 saturated heterocycles. The van der Waals surface area contributed by atoms with Crippen LogP contribution >= 0.6 is 0 Å². The first kappa shape index (κ1) is 23.6. The van der Waals surface area contributed by atoms with Crippen LogP contribution in [0.5, 0.6) is 0 Å². The van der Waals surface area contributed by atoms with Gasteiger partial charge in [0.2, 0.25) is 0 Å². The van der Waals surface area contributed by atoms with E-state index in [4.69, 9.17) is 0 Å². The van der Waals surface area contributed by atoms with Crippen LogP contribution in [0.3, 0.4) is 0 Å². The van der Waals surface area contributed by atoms with E-state index in [-0.39, 0.29) is 23.4 Å². The Hall–Kier alpha value is -4.08. The first-order valence-electron chi connectivity index (χ1n) is 9.81. The number of aromatic nitrogens is 2. The maximum Gasteiger partial charge on any atom is 0.417 e. The van der Waals surface area contributed by atoms with Gasteiger partial charge in [0.1, 0.15) is 11.5 Å². The van der Waals surface area contributed by atoms with Crippen LogP contribution in [0, 0.1) is 0 Å². The van der Waals surface area contributed by atoms with E-state index in [0.717, 1.165) is 12.1 Å². The predicted molar refractivity (Wildman–Crippen MR) is 121 cm³/mol. The quantitative estimate of drug-likeness (QED) is 0.522. The molecule has 0 unspecified atom stereocenters. The highest BCUT2D eigenvalue weighted by molar-refractivity contribution is 5.94. The number of H-pyrrole nitrogens is 1. The summed E-state index contributed by atoms with van der Waals surface area (Å²) >= 11 is 0. The maximum absolute atomic E-state index is 13.4. The van der Waals surface area contributed by atoms with Crippen LogP contribution in [0.1, 0.15) is 40.4 Å². The van der Waals surface area contributed by atoms with Crippen molar-refractivity contribution in [1.29, 1.82) is 0 Å². The molecule has 7 nitrogen and oxygen atoms in total. The van der Waals surface area contributed by atoms with Gasteiger partial charge in [-0.25, -0.2) is 4.98 Å². The van der Waals surface area contributed by atoms with Crippen LogP contribution in [0.25, 0.3) is 10.8 Å². The van der Waals surface area contributed by atoms with Crippen LogP contribution in [0.2, 0.25) is 0 Å². The molecule has 3 rings (SSSR count). The molecule has 0 bridgehead atoms. The largest absolute Gasteiger partial charge is 0.417 e. The van der Waals surface area contributed by atoms with Gasteiger partial charge in [-0.05, 0) is 42.1 Å². The molecule has 0 fully saturated rings. The fourth-order valence-corrected chi connectivity index (χ4v) is 3.29. The molecule has 33 heavy (non-hydrogen) atoms. The number of halogens is 3. The van der Waals surface area contributed by atoms with Crippen LogP contribution < -0.4 is 10.9 Å². The van der Waals surface area contributed by atoms with E-state index in [1.165, 1.54) is 36.7 Å². The van der Waals surface area contributed by atoms with Crippen molar-refractivity contribution in [3.8, 4) is 0 Å². The van der Waals surface area contributed by atoms with Crippen molar-refractivity contribution in [3.63, 3.8) is 0 Å². The zero-order valence-electron chi connectivity index (χ0n) is 17.6. The van der Waals surface area contributed by atoms with Crippen molar-refractivity contribution in [2.45, 2.75) is 25.7 Å². The molecule has 0 aliphatic carbocycles. The number of allylic oxidation sites excluding steroid dienone is 1. The molecule has 2 N–H and O–H groups in total. The van der Waals surface area contributed by atoms with E-state index in [2.05, 4.69) is 32.0 Å². The molecule has 0 saturated carbocycles. The summed E-state index contributed by atoms with van der Waals surface area (Å²) in [7, 11) is 0. The Morgan fingerprint density at radius 1 is 1.24 bits per heavy atom. The highest BCUT2D eigenvalue weighted by Crippen LogP contribution is 2.37. The number of hydrogen-bond acceptors (Lipinski definition) is 5. The van der Waals surface area contributed by atoms with Crippen LogP contribution in [0.15, 0.2) is 69.5 Å². The summed E-state index contributed by atoms with van der Waals surface area (Å²) in [5.74, 6) is -0.463. The first-order valence-corrected chi connectivity index (χ1v) is 9.81. The van der Waals surface area contributed by atoms with Gasteiger partial charge < -0.3 is 10.3 Å². The van der Waals surface area contributed by atoms with Gasteiger partial charge in [-0.3, -0.25) is 19.6 Å². The van der Waals surface area contributed by atoms with Gasteiger partial charge >= 0.3 is 6.18 Å². The molecule has 0 radical (unpaired) electrons. The molecule has 3 aromatic rings. The topological polar surface area (TPSA) is 99.6 Å². The number of benzene rings is 2. The van der Waals surface area contributed by atoms with E-state index < -0.39 is 29.2 Å². The number of nitrogens with zero attached hydrogens (tertiary/aromatic N) is 3. The van der Waals surface area contributed by atoms with Crippen molar-refractivity contribution in [2.24, 2.45) is 9.98 Å². The van der Waals surface area contributed by atoms with Gasteiger partial charge in [0.25, 0.3) is 11.5 Å². The third-order valence-corrected chi connectivity index (χ3v) is 4.72. The second kappa shape index (κ2) is 10.0. The van der Waals surface area contributed by atoms with Crippen molar-refractivity contribution in [2.75, 3.05) is 0 Å². The molecule has 1 atom stereocenters. The molecule has 1 aromatic heterocycles. The number of amides is 1. The number of aromatic amines is 1. The van der Waals surface area contributed by atoms with Crippen molar-refractivity contribution in [3.05, 3.63) is 87.7 Å². The number of carbonyl (C=O) groups is 1. The standard InChI is InChI=1S/C23H20F3N5O2/c1-14(15-8-9-18(23(24,25)26)17-7-4-3-6-16(15)17)29-22(33)19-12-21(32)31-20(30-19)13-28-11-5-10-27-2/h3-12,14H,2,13H2,1H3,(H,29,33)(H,30,31,32)/b10-5-,28-11-/t14-/m1/s1. The number of aliphatic imine (C=N–C) groups is 2. The molecule has 170 valence electrons. The van der Waals surface area contributed by atoms with E-state index >= 15 is 0 Å². The first-order chi connectivity index (χ1) is 15.7. The second-order valence-electron chi connectivity index (χ2n) is 7.03. The summed E-state index contributed by atoms with van der Waals surface area (Å²) in [5.41, 5.74) is -0.906. The smallest absolute Gasteiger partial charge is 0.344 e. The molecule has 10 heteroatoms. The summed E-state index contributed by atoms with van der Waals surface area (Å²) < 4.78 is 40.1. The number of carbonyl (C=O) groups excluding carboxylic acids is 1. The molecule has 1 heterocycles. The SMILES string of the molecule is C=N/C=C\C=N/Cc1nc(C(=O)N[C@H](C)c2ccc(C(F)(F)F)c3ccccc23)cc(=O)[nH]1. The van der Waals surface area contributed by atoms with Crippen LogP contribution in [0.4, 0.5) is 13.2 Å². The van der Waals surface area contributed by atoms with Crippen LogP contribution in [-0.2, 0) is 12.7 Å². The molecular weight excluding hydrogens is 435 g/mol. The summed E-state index contributed by atoms with van der Waals surface area (Å²) in [6, 6.07) is 8.85. The fourth-order valence-electron chi connectivity index (χ4n) is 3.29. The Morgan fingerprint density at radius 2 is 1.97 bits per heavy atom. The third kappa shape index (κ3) is 5.79. The van der Waals surface area contributed by atoms with Crippen molar-refractivity contribution >= 4 is 29.6 Å². The zero-order chi connectivity index (χ0) is 24.0. The van der Waals surface area contributed by atoms with Crippen molar-refractivity contribution < 1.29 is 18.0 Å². The fraction of sp³-hybridized carbons (Fsp3) is 0.174. The molecule has 0 spiro atoms. The predicted octanol–water partition coefficient (Wildman–Crippen LogP) is 4.22. The molecule has 0 aliphatic rings. The lowest BCUT2D eigenvalue weighted by molar-refractivity contribution is -0.136. The van der Waals surface area contributed by atoms with Gasteiger partial charge in [-0.15, -0.1) is 0 Å². The highest BCUT2D eigenvalue weighted by Gasteiger charge is 2.33. The summed E-state index contributed by atoms with van der Waals surface area (Å²) in [6.07, 6.45) is -0.0940. The average Bonchev–Trinajstić information content (AvgIpc) is 2.77. The lowest BCUT2D eigenvalue weighted by atomic mass is 9.95. The van der Waals surface area contributed by atoms with Gasteiger partial charge in [0, 0.05) is 18.5 Å². The lowest BCUT2D eigenvalue weighted by Crippen LogP contribution is -2.29. The maximum atomic E-state index is 13.4. The van der Waals surface area contributed by atoms with Gasteiger partial charge in [-0.2, -0.15) is 13.2 Å². The number of hydrogen-bond donors (Lipinski definition) is 2. The van der Waals surface area contributed by atoms with E-state index in [1.54, 1.807) is 19.1 Å². The Balaban J connectivity index is 1.85. The third-order valence-electron chi connectivity index (χ3n) is 4.72. The number of nitrogens with one attached hydrogen (secondary N) is 2. The number of rotatable bonds is 7. The van der Waals surface area contributed by atoms with Crippen LogP contribution in [-0.4, -0.2) is 28.8 Å². The lowest BCUT2D eigenvalue weighted by Gasteiger charge is -2.19. The summed E-state index contributed by atoms with van der Waals surface area (Å²) in [5, 5.41) is 3.11. The zero-order valence-corrected chi connectivity index (χ0v) is 17.6. The van der Waals surface area contributed by atoms with Gasteiger partial charge in [0.15, 0.2) is 0 Å². The molecular formula is C23H20F3N5O2. The summed E-state index contributed by atoms with van der Waals surface area (Å²) in [6.45, 7) is 4.95. The summed E-state index contributed by atoms with van der Waals surface area (Å²) in [4.78, 5) is 38.8. The molecule has 2 aromatic carbocycles. The molecule has 1 amide bonds. The minimum absolute atomic E-state index is 0.0247. The van der Waals surface area contributed by atoms with E-state index in [1.807, 2.05) is 0 Å². The normalized spacial score (nSPS) is 13.0.